The lowest BCUT2D eigenvalue weighted by atomic mass is 9.82. The SMILES string of the molecule is CCCCCN(C(=O)CC1CCCCC1N)C(C)C. The van der Waals surface area contributed by atoms with E-state index < -0.39 is 0 Å². The van der Waals surface area contributed by atoms with Gasteiger partial charge in [-0.3, -0.25) is 4.79 Å². The fourth-order valence-corrected chi connectivity index (χ4v) is 3.03. The predicted molar refractivity (Wildman–Crippen MR) is 80.9 cm³/mol. The van der Waals surface area contributed by atoms with E-state index in [2.05, 4.69) is 25.7 Å². The molecule has 1 amide bonds. The number of hydrogen-bond acceptors (Lipinski definition) is 2. The zero-order chi connectivity index (χ0) is 14.3. The first-order valence-corrected chi connectivity index (χ1v) is 8.11. The molecule has 0 aliphatic heterocycles. The van der Waals surface area contributed by atoms with Crippen LogP contribution >= 0.6 is 0 Å². The van der Waals surface area contributed by atoms with E-state index >= 15 is 0 Å². The summed E-state index contributed by atoms with van der Waals surface area (Å²) in [7, 11) is 0. The number of carbonyl (C=O) groups is 1. The number of carbonyl (C=O) groups excluding carboxylic acids is 1. The van der Waals surface area contributed by atoms with E-state index in [9.17, 15) is 4.79 Å². The van der Waals surface area contributed by atoms with Gasteiger partial charge in [-0.15, -0.1) is 0 Å². The number of amides is 1. The molecule has 0 spiro atoms. The smallest absolute Gasteiger partial charge is 0.223 e. The van der Waals surface area contributed by atoms with Crippen molar-refractivity contribution in [3.05, 3.63) is 0 Å². The molecule has 1 fully saturated rings. The molecule has 0 bridgehead atoms. The van der Waals surface area contributed by atoms with Gasteiger partial charge in [0.1, 0.15) is 0 Å². The molecule has 2 unspecified atom stereocenters. The first-order chi connectivity index (χ1) is 9.06. The molecule has 1 aliphatic carbocycles. The van der Waals surface area contributed by atoms with Crippen LogP contribution in [0.25, 0.3) is 0 Å². The van der Waals surface area contributed by atoms with Gasteiger partial charge in [-0.2, -0.15) is 0 Å². The van der Waals surface area contributed by atoms with Crippen LogP contribution in [-0.4, -0.2) is 29.4 Å². The van der Waals surface area contributed by atoms with Crippen LogP contribution in [0.2, 0.25) is 0 Å². The summed E-state index contributed by atoms with van der Waals surface area (Å²) in [5.74, 6) is 0.724. The van der Waals surface area contributed by atoms with E-state index in [0.717, 1.165) is 25.8 Å². The molecule has 19 heavy (non-hydrogen) atoms. The first kappa shape index (κ1) is 16.5. The average molecular weight is 268 g/mol. The van der Waals surface area contributed by atoms with Crippen LogP contribution in [-0.2, 0) is 4.79 Å². The van der Waals surface area contributed by atoms with Gasteiger partial charge >= 0.3 is 0 Å². The fourth-order valence-electron chi connectivity index (χ4n) is 3.03. The van der Waals surface area contributed by atoms with Crippen molar-refractivity contribution < 1.29 is 4.79 Å². The number of rotatable bonds is 7. The number of nitrogens with zero attached hydrogens (tertiary/aromatic N) is 1. The van der Waals surface area contributed by atoms with Gasteiger partial charge in [-0.1, -0.05) is 32.6 Å². The van der Waals surface area contributed by atoms with Crippen molar-refractivity contribution >= 4 is 5.91 Å². The summed E-state index contributed by atoms with van der Waals surface area (Å²) in [4.78, 5) is 14.5. The van der Waals surface area contributed by atoms with Gasteiger partial charge in [0.05, 0.1) is 0 Å². The number of hydrogen-bond donors (Lipinski definition) is 1. The molecule has 0 heterocycles. The van der Waals surface area contributed by atoms with Crippen molar-refractivity contribution in [1.82, 2.24) is 4.90 Å². The van der Waals surface area contributed by atoms with Gasteiger partial charge in [-0.25, -0.2) is 0 Å². The van der Waals surface area contributed by atoms with Gasteiger partial charge in [-0.05, 0) is 39.0 Å². The van der Waals surface area contributed by atoms with Crippen LogP contribution in [0, 0.1) is 5.92 Å². The van der Waals surface area contributed by atoms with E-state index in [1.807, 2.05) is 0 Å². The highest BCUT2D eigenvalue weighted by atomic mass is 16.2. The van der Waals surface area contributed by atoms with Crippen molar-refractivity contribution in [3.63, 3.8) is 0 Å². The molecule has 1 aliphatic rings. The Bertz CT molecular complexity index is 265. The zero-order valence-corrected chi connectivity index (χ0v) is 13.0. The molecule has 0 radical (unpaired) electrons. The quantitative estimate of drug-likeness (QED) is 0.720. The first-order valence-electron chi connectivity index (χ1n) is 8.11. The van der Waals surface area contributed by atoms with E-state index in [-0.39, 0.29) is 6.04 Å². The van der Waals surface area contributed by atoms with Gasteiger partial charge < -0.3 is 10.6 Å². The molecule has 2 N–H and O–H groups in total. The van der Waals surface area contributed by atoms with Crippen LogP contribution in [0.3, 0.4) is 0 Å². The fraction of sp³-hybridized carbons (Fsp3) is 0.938. The Morgan fingerprint density at radius 3 is 2.53 bits per heavy atom. The summed E-state index contributed by atoms with van der Waals surface area (Å²) in [6.07, 6.45) is 8.89. The average Bonchev–Trinajstić information content (AvgIpc) is 2.37. The monoisotopic (exact) mass is 268 g/mol. The van der Waals surface area contributed by atoms with Gasteiger partial charge in [0, 0.05) is 25.0 Å². The molecule has 0 aromatic carbocycles. The molecule has 112 valence electrons. The summed E-state index contributed by atoms with van der Waals surface area (Å²) in [6.45, 7) is 7.34. The Balaban J connectivity index is 2.46. The molecular weight excluding hydrogens is 236 g/mol. The van der Waals surface area contributed by atoms with Crippen molar-refractivity contribution in [2.24, 2.45) is 11.7 Å². The second-order valence-electron chi connectivity index (χ2n) is 6.30. The molecular formula is C16H32N2O. The minimum absolute atomic E-state index is 0.238. The molecule has 1 rings (SSSR count). The summed E-state index contributed by atoms with van der Waals surface area (Å²) < 4.78 is 0. The minimum Gasteiger partial charge on any atom is -0.340 e. The molecule has 0 aromatic rings. The lowest BCUT2D eigenvalue weighted by molar-refractivity contribution is -0.134. The Hall–Kier alpha value is -0.570. The summed E-state index contributed by atoms with van der Waals surface area (Å²) >= 11 is 0. The third-order valence-electron chi connectivity index (χ3n) is 4.35. The van der Waals surface area contributed by atoms with Gasteiger partial charge in [0.15, 0.2) is 0 Å². The van der Waals surface area contributed by atoms with Crippen LogP contribution in [0.4, 0.5) is 0 Å². The third kappa shape index (κ3) is 5.52. The Morgan fingerprint density at radius 1 is 1.26 bits per heavy atom. The van der Waals surface area contributed by atoms with Crippen molar-refractivity contribution in [1.29, 1.82) is 0 Å². The predicted octanol–water partition coefficient (Wildman–Crippen LogP) is 3.32. The number of nitrogens with two attached hydrogens (primary N) is 1. The highest BCUT2D eigenvalue weighted by Crippen LogP contribution is 2.26. The lowest BCUT2D eigenvalue weighted by Gasteiger charge is -2.32. The summed E-state index contributed by atoms with van der Waals surface area (Å²) in [5.41, 5.74) is 6.15. The second-order valence-corrected chi connectivity index (χ2v) is 6.30. The largest absolute Gasteiger partial charge is 0.340 e. The van der Waals surface area contributed by atoms with Crippen LogP contribution < -0.4 is 5.73 Å². The van der Waals surface area contributed by atoms with E-state index in [1.54, 1.807) is 0 Å². The van der Waals surface area contributed by atoms with Crippen molar-refractivity contribution in [2.45, 2.75) is 84.2 Å². The molecule has 2 atom stereocenters. The van der Waals surface area contributed by atoms with Crippen LogP contribution in [0.5, 0.6) is 0 Å². The zero-order valence-electron chi connectivity index (χ0n) is 13.0. The van der Waals surface area contributed by atoms with Crippen molar-refractivity contribution in [3.8, 4) is 0 Å². The third-order valence-corrected chi connectivity index (χ3v) is 4.35. The van der Waals surface area contributed by atoms with E-state index in [1.165, 1.54) is 25.7 Å². The maximum atomic E-state index is 12.5. The van der Waals surface area contributed by atoms with Crippen LogP contribution in [0.15, 0.2) is 0 Å². The molecule has 1 saturated carbocycles. The van der Waals surface area contributed by atoms with Crippen LogP contribution in [0.1, 0.15) is 72.1 Å². The topological polar surface area (TPSA) is 46.3 Å². The van der Waals surface area contributed by atoms with E-state index in [0.29, 0.717) is 24.3 Å². The maximum Gasteiger partial charge on any atom is 0.223 e. The maximum absolute atomic E-state index is 12.5. The van der Waals surface area contributed by atoms with Gasteiger partial charge in [0.25, 0.3) is 0 Å². The minimum atomic E-state index is 0.238. The molecule has 3 nitrogen and oxygen atoms in total. The lowest BCUT2D eigenvalue weighted by Crippen LogP contribution is -2.42. The van der Waals surface area contributed by atoms with Gasteiger partial charge in [0.2, 0.25) is 5.91 Å². The molecule has 3 heteroatoms. The van der Waals surface area contributed by atoms with Crippen molar-refractivity contribution in [2.75, 3.05) is 6.54 Å². The Labute approximate surface area is 118 Å². The second kappa shape index (κ2) is 8.57. The summed E-state index contributed by atoms with van der Waals surface area (Å²) in [5, 5.41) is 0. The highest BCUT2D eigenvalue weighted by molar-refractivity contribution is 5.76. The Morgan fingerprint density at radius 2 is 1.95 bits per heavy atom. The number of unbranched alkanes of at least 4 members (excludes halogenated alkanes) is 2. The highest BCUT2D eigenvalue weighted by Gasteiger charge is 2.27. The molecule has 0 saturated heterocycles. The standard InChI is InChI=1S/C16H32N2O/c1-4-5-8-11-18(13(2)3)16(19)12-14-9-6-7-10-15(14)17/h13-15H,4-12,17H2,1-3H3. The summed E-state index contributed by atoms with van der Waals surface area (Å²) in [6, 6.07) is 0.548. The molecule has 0 aromatic heterocycles. The Kier molecular flexibility index (Phi) is 7.44. The van der Waals surface area contributed by atoms with E-state index in [4.69, 9.17) is 5.73 Å². The normalized spacial score (nSPS) is 23.6.